The minimum Gasteiger partial charge on any atom is -0.118 e. The fraction of sp³-hybridized carbons (Fsp3) is 0.571. The molecule has 1 unspecified atom stereocenters. The van der Waals surface area contributed by atoms with E-state index in [2.05, 4.69) is 31.2 Å². The van der Waals surface area contributed by atoms with Crippen LogP contribution in [-0.4, -0.2) is 0 Å². The molecule has 1 fully saturated rings. The molecule has 15 heavy (non-hydrogen) atoms. The van der Waals surface area contributed by atoms with Gasteiger partial charge in [-0.05, 0) is 24.8 Å². The van der Waals surface area contributed by atoms with E-state index in [0.717, 1.165) is 12.3 Å². The third kappa shape index (κ3) is 2.98. The standard InChI is InChI=1S/C14H19Cl/c1-11-6-8-13(9-7-11)14(15)10-12-4-2-3-5-12/h6-9,12,14H,2-5,10H2,1H3. The molecular weight excluding hydrogens is 204 g/mol. The van der Waals surface area contributed by atoms with E-state index in [1.807, 2.05) is 0 Å². The second kappa shape index (κ2) is 5.03. The summed E-state index contributed by atoms with van der Waals surface area (Å²) < 4.78 is 0. The summed E-state index contributed by atoms with van der Waals surface area (Å²) in [6, 6.07) is 8.64. The number of rotatable bonds is 3. The molecule has 0 bridgehead atoms. The molecule has 0 radical (unpaired) electrons. The Morgan fingerprint density at radius 2 is 1.80 bits per heavy atom. The molecule has 1 aromatic carbocycles. The third-order valence-electron chi connectivity index (χ3n) is 3.45. The van der Waals surface area contributed by atoms with Gasteiger partial charge < -0.3 is 0 Å². The summed E-state index contributed by atoms with van der Waals surface area (Å²) >= 11 is 6.44. The van der Waals surface area contributed by atoms with Crippen molar-refractivity contribution < 1.29 is 0 Å². The van der Waals surface area contributed by atoms with Gasteiger partial charge in [0, 0.05) is 0 Å². The molecule has 0 aromatic heterocycles. The van der Waals surface area contributed by atoms with Crippen molar-refractivity contribution in [2.24, 2.45) is 5.92 Å². The summed E-state index contributed by atoms with van der Waals surface area (Å²) in [6.45, 7) is 2.12. The molecule has 0 N–H and O–H groups in total. The lowest BCUT2D eigenvalue weighted by Gasteiger charge is -2.14. The van der Waals surface area contributed by atoms with Gasteiger partial charge in [0.1, 0.15) is 0 Å². The largest absolute Gasteiger partial charge is 0.118 e. The van der Waals surface area contributed by atoms with Gasteiger partial charge in [-0.15, -0.1) is 11.6 Å². The van der Waals surface area contributed by atoms with Crippen LogP contribution in [0.1, 0.15) is 48.6 Å². The van der Waals surface area contributed by atoms with Crippen LogP contribution in [0.15, 0.2) is 24.3 Å². The Hall–Kier alpha value is -0.490. The predicted molar refractivity (Wildman–Crippen MR) is 66.3 cm³/mol. The van der Waals surface area contributed by atoms with Crippen molar-refractivity contribution in [3.05, 3.63) is 35.4 Å². The number of hydrogen-bond donors (Lipinski definition) is 0. The average molecular weight is 223 g/mol. The monoisotopic (exact) mass is 222 g/mol. The van der Waals surface area contributed by atoms with Gasteiger partial charge in [0.25, 0.3) is 0 Å². The highest BCUT2D eigenvalue weighted by atomic mass is 35.5. The molecule has 2 rings (SSSR count). The first-order chi connectivity index (χ1) is 7.25. The quantitative estimate of drug-likeness (QED) is 0.641. The number of alkyl halides is 1. The van der Waals surface area contributed by atoms with Crippen LogP contribution in [0.3, 0.4) is 0 Å². The van der Waals surface area contributed by atoms with E-state index < -0.39 is 0 Å². The highest BCUT2D eigenvalue weighted by Gasteiger charge is 2.19. The molecule has 0 nitrogen and oxygen atoms in total. The molecule has 0 aliphatic heterocycles. The zero-order valence-corrected chi connectivity index (χ0v) is 10.1. The highest BCUT2D eigenvalue weighted by Crippen LogP contribution is 2.36. The van der Waals surface area contributed by atoms with E-state index in [1.165, 1.54) is 36.8 Å². The lowest BCUT2D eigenvalue weighted by Crippen LogP contribution is -1.99. The van der Waals surface area contributed by atoms with Gasteiger partial charge in [-0.1, -0.05) is 55.5 Å². The normalized spacial score (nSPS) is 19.3. The molecule has 0 heterocycles. The number of halogens is 1. The Balaban J connectivity index is 1.94. The Bertz CT molecular complexity index is 296. The van der Waals surface area contributed by atoms with Gasteiger partial charge in [-0.2, -0.15) is 0 Å². The zero-order valence-electron chi connectivity index (χ0n) is 9.38. The molecule has 1 atom stereocenters. The smallest absolute Gasteiger partial charge is 0.0587 e. The number of benzene rings is 1. The molecule has 0 saturated heterocycles. The predicted octanol–water partition coefficient (Wildman–Crippen LogP) is 4.86. The van der Waals surface area contributed by atoms with Crippen molar-refractivity contribution >= 4 is 11.6 Å². The first kappa shape index (κ1) is 11.0. The molecule has 1 aromatic rings. The zero-order chi connectivity index (χ0) is 10.7. The second-order valence-electron chi connectivity index (χ2n) is 4.76. The third-order valence-corrected chi connectivity index (χ3v) is 3.88. The maximum atomic E-state index is 6.44. The van der Waals surface area contributed by atoms with Gasteiger partial charge in [0.05, 0.1) is 5.38 Å². The van der Waals surface area contributed by atoms with Gasteiger partial charge in [-0.25, -0.2) is 0 Å². The second-order valence-corrected chi connectivity index (χ2v) is 5.29. The molecule has 1 aliphatic rings. The summed E-state index contributed by atoms with van der Waals surface area (Å²) in [5.74, 6) is 0.869. The molecule has 82 valence electrons. The first-order valence-corrected chi connectivity index (χ1v) is 6.40. The molecule has 0 spiro atoms. The van der Waals surface area contributed by atoms with Crippen LogP contribution in [0.2, 0.25) is 0 Å². The summed E-state index contributed by atoms with van der Waals surface area (Å²) in [4.78, 5) is 0. The molecular formula is C14H19Cl. The summed E-state index contributed by atoms with van der Waals surface area (Å²) in [6.07, 6.45) is 6.74. The summed E-state index contributed by atoms with van der Waals surface area (Å²) in [7, 11) is 0. The van der Waals surface area contributed by atoms with Crippen LogP contribution in [0.5, 0.6) is 0 Å². The van der Waals surface area contributed by atoms with Crippen molar-refractivity contribution in [2.75, 3.05) is 0 Å². The van der Waals surface area contributed by atoms with Crippen molar-refractivity contribution in [2.45, 2.75) is 44.4 Å². The Morgan fingerprint density at radius 1 is 1.20 bits per heavy atom. The van der Waals surface area contributed by atoms with Crippen molar-refractivity contribution in [1.29, 1.82) is 0 Å². The van der Waals surface area contributed by atoms with Crippen molar-refractivity contribution in [1.82, 2.24) is 0 Å². The minimum atomic E-state index is 0.216. The fourth-order valence-electron chi connectivity index (χ4n) is 2.45. The Labute approximate surface area is 97.6 Å². The average Bonchev–Trinajstić information content (AvgIpc) is 2.71. The van der Waals surface area contributed by atoms with Crippen LogP contribution in [0, 0.1) is 12.8 Å². The van der Waals surface area contributed by atoms with E-state index in [-0.39, 0.29) is 5.38 Å². The summed E-state index contributed by atoms with van der Waals surface area (Å²) in [5, 5.41) is 0.216. The number of aryl methyl sites for hydroxylation is 1. The van der Waals surface area contributed by atoms with Crippen molar-refractivity contribution in [3.63, 3.8) is 0 Å². The van der Waals surface area contributed by atoms with Crippen LogP contribution in [0.4, 0.5) is 0 Å². The first-order valence-electron chi connectivity index (χ1n) is 5.96. The molecule has 0 amide bonds. The topological polar surface area (TPSA) is 0 Å². The Kier molecular flexibility index (Phi) is 3.69. The highest BCUT2D eigenvalue weighted by molar-refractivity contribution is 6.20. The maximum absolute atomic E-state index is 6.44. The van der Waals surface area contributed by atoms with Gasteiger partial charge in [0.15, 0.2) is 0 Å². The van der Waals surface area contributed by atoms with Crippen LogP contribution < -0.4 is 0 Å². The van der Waals surface area contributed by atoms with Gasteiger partial charge in [0.2, 0.25) is 0 Å². The SMILES string of the molecule is Cc1ccc(C(Cl)CC2CCCC2)cc1. The van der Waals surface area contributed by atoms with E-state index in [9.17, 15) is 0 Å². The van der Waals surface area contributed by atoms with E-state index in [1.54, 1.807) is 0 Å². The summed E-state index contributed by atoms with van der Waals surface area (Å²) in [5.41, 5.74) is 2.60. The van der Waals surface area contributed by atoms with Gasteiger partial charge in [-0.3, -0.25) is 0 Å². The van der Waals surface area contributed by atoms with Crippen molar-refractivity contribution in [3.8, 4) is 0 Å². The minimum absolute atomic E-state index is 0.216. The number of hydrogen-bond acceptors (Lipinski definition) is 0. The maximum Gasteiger partial charge on any atom is 0.0587 e. The molecule has 1 saturated carbocycles. The van der Waals surface area contributed by atoms with E-state index in [0.29, 0.717) is 0 Å². The van der Waals surface area contributed by atoms with E-state index in [4.69, 9.17) is 11.6 Å². The van der Waals surface area contributed by atoms with E-state index >= 15 is 0 Å². The van der Waals surface area contributed by atoms with Crippen LogP contribution in [0.25, 0.3) is 0 Å². The van der Waals surface area contributed by atoms with Crippen LogP contribution in [-0.2, 0) is 0 Å². The van der Waals surface area contributed by atoms with Crippen LogP contribution >= 0.6 is 11.6 Å². The lowest BCUT2D eigenvalue weighted by molar-refractivity contribution is 0.496. The fourth-order valence-corrected chi connectivity index (χ4v) is 2.85. The molecule has 1 aliphatic carbocycles. The Morgan fingerprint density at radius 3 is 2.40 bits per heavy atom. The van der Waals surface area contributed by atoms with Gasteiger partial charge >= 0.3 is 0 Å². The molecule has 1 heteroatoms. The lowest BCUT2D eigenvalue weighted by atomic mass is 9.97.